The number of alkyl carbamates (subject to hydrolysis) is 1. The molecule has 0 spiro atoms. The maximum absolute atomic E-state index is 12.0. The first-order valence-electron chi connectivity index (χ1n) is 9.31. The Balaban J connectivity index is 2.51. The van der Waals surface area contributed by atoms with Gasteiger partial charge in [-0.2, -0.15) is 0 Å². The summed E-state index contributed by atoms with van der Waals surface area (Å²) in [6.45, 7) is 9.17. The molecule has 1 aliphatic rings. The molecule has 8 nitrogen and oxygen atoms in total. The first kappa shape index (κ1) is 22.1. The van der Waals surface area contributed by atoms with Crippen molar-refractivity contribution < 1.29 is 19.2 Å². The highest BCUT2D eigenvalue weighted by Crippen LogP contribution is 2.17. The third-order valence-corrected chi connectivity index (χ3v) is 3.84. The average molecular weight is 370 g/mol. The van der Waals surface area contributed by atoms with Crippen LogP contribution < -0.4 is 16.4 Å². The Bertz CT molecular complexity index is 494. The minimum atomic E-state index is -0.604. The second kappa shape index (κ2) is 10.2. The molecule has 0 bridgehead atoms. The zero-order chi connectivity index (χ0) is 19.7. The van der Waals surface area contributed by atoms with Crippen LogP contribution in [0.15, 0.2) is 5.16 Å². The van der Waals surface area contributed by atoms with Gasteiger partial charge in [-0.15, -0.1) is 0 Å². The summed E-state index contributed by atoms with van der Waals surface area (Å²) in [6, 6.07) is -0.294. The third kappa shape index (κ3) is 9.48. The van der Waals surface area contributed by atoms with E-state index in [0.717, 1.165) is 25.7 Å². The van der Waals surface area contributed by atoms with Crippen LogP contribution in [-0.2, 0) is 14.4 Å². The Morgan fingerprint density at radius 1 is 1.23 bits per heavy atom. The Kier molecular flexibility index (Phi) is 8.68. The Hall–Kier alpha value is -1.99. The second-order valence-electron chi connectivity index (χ2n) is 8.17. The molecule has 1 saturated carbocycles. The summed E-state index contributed by atoms with van der Waals surface area (Å²) >= 11 is 0. The van der Waals surface area contributed by atoms with E-state index in [9.17, 15) is 9.59 Å². The number of amidine groups is 1. The summed E-state index contributed by atoms with van der Waals surface area (Å²) in [5.74, 6) is 0.168. The van der Waals surface area contributed by atoms with Gasteiger partial charge in [-0.3, -0.25) is 4.79 Å². The minimum Gasteiger partial charge on any atom is -0.444 e. The highest BCUT2D eigenvalue weighted by Gasteiger charge is 2.23. The lowest BCUT2D eigenvalue weighted by Gasteiger charge is -2.24. The zero-order valence-corrected chi connectivity index (χ0v) is 16.6. The van der Waals surface area contributed by atoms with Crippen LogP contribution in [0, 0.1) is 5.92 Å². The monoisotopic (exact) mass is 370 g/mol. The molecule has 1 unspecified atom stereocenters. The molecular weight excluding hydrogens is 336 g/mol. The largest absolute Gasteiger partial charge is 0.444 e. The summed E-state index contributed by atoms with van der Waals surface area (Å²) in [7, 11) is 0. The summed E-state index contributed by atoms with van der Waals surface area (Å²) < 4.78 is 5.25. The molecule has 0 aromatic rings. The number of carbonyl (C=O) groups is 2. The molecule has 0 aliphatic heterocycles. The molecule has 26 heavy (non-hydrogen) atoms. The van der Waals surface area contributed by atoms with Crippen molar-refractivity contribution in [1.29, 1.82) is 0 Å². The Morgan fingerprint density at radius 2 is 1.85 bits per heavy atom. The van der Waals surface area contributed by atoms with Crippen LogP contribution in [-0.4, -0.2) is 42.1 Å². The van der Waals surface area contributed by atoms with Crippen LogP contribution in [0.4, 0.5) is 4.79 Å². The average Bonchev–Trinajstić information content (AvgIpc) is 2.96. The fourth-order valence-electron chi connectivity index (χ4n) is 2.74. The highest BCUT2D eigenvalue weighted by atomic mass is 16.6. The molecule has 150 valence electrons. The summed E-state index contributed by atoms with van der Waals surface area (Å²) in [4.78, 5) is 28.9. The van der Waals surface area contributed by atoms with Crippen LogP contribution in [0.1, 0.15) is 66.7 Å². The predicted molar refractivity (Wildman–Crippen MR) is 101 cm³/mol. The molecule has 0 radical (unpaired) electrons. The number of oxime groups is 1. The molecule has 0 aromatic carbocycles. The number of nitrogens with two attached hydrogens (primary N) is 1. The van der Waals surface area contributed by atoms with Crippen molar-refractivity contribution >= 4 is 17.8 Å². The molecule has 0 heterocycles. The molecule has 1 rings (SSSR count). The summed E-state index contributed by atoms with van der Waals surface area (Å²) in [5, 5.41) is 9.42. The lowest BCUT2D eigenvalue weighted by Crippen LogP contribution is -2.47. The topological polar surface area (TPSA) is 115 Å². The van der Waals surface area contributed by atoms with Crippen LogP contribution in [0.2, 0.25) is 0 Å². The fourth-order valence-corrected chi connectivity index (χ4v) is 2.74. The van der Waals surface area contributed by atoms with E-state index in [0.29, 0.717) is 6.42 Å². The molecule has 1 fully saturated rings. The van der Waals surface area contributed by atoms with Gasteiger partial charge in [0.1, 0.15) is 5.60 Å². The van der Waals surface area contributed by atoms with Gasteiger partial charge in [-0.25, -0.2) is 4.79 Å². The molecule has 0 saturated heterocycles. The van der Waals surface area contributed by atoms with Crippen LogP contribution in [0.5, 0.6) is 0 Å². The SMILES string of the molecule is CC(C)CC(NC(=O)OC(C)(C)C)C(N)=NOCC(=O)NC1CCCC1. The second-order valence-corrected chi connectivity index (χ2v) is 8.17. The van der Waals surface area contributed by atoms with Gasteiger partial charge in [-0.1, -0.05) is 31.8 Å². The first-order valence-corrected chi connectivity index (χ1v) is 9.31. The zero-order valence-electron chi connectivity index (χ0n) is 16.6. The van der Waals surface area contributed by atoms with E-state index in [1.54, 1.807) is 20.8 Å². The molecular formula is C18H34N4O4. The number of hydrogen-bond donors (Lipinski definition) is 3. The smallest absolute Gasteiger partial charge is 0.408 e. The standard InChI is InChI=1S/C18H34N4O4/c1-12(2)10-14(21-17(24)26-18(3,4)5)16(19)22-25-11-15(23)20-13-8-6-7-9-13/h12-14H,6-11H2,1-5H3,(H2,19,22)(H,20,23)(H,21,24). The lowest BCUT2D eigenvalue weighted by molar-refractivity contribution is -0.126. The van der Waals surface area contributed by atoms with Gasteiger partial charge < -0.3 is 25.9 Å². The van der Waals surface area contributed by atoms with Crippen molar-refractivity contribution in [2.75, 3.05) is 6.61 Å². The first-order chi connectivity index (χ1) is 12.1. The van der Waals surface area contributed by atoms with E-state index in [1.807, 2.05) is 13.8 Å². The number of hydrogen-bond acceptors (Lipinski definition) is 5. The molecule has 8 heteroatoms. The van der Waals surface area contributed by atoms with Gasteiger partial charge in [0, 0.05) is 6.04 Å². The van der Waals surface area contributed by atoms with Crippen molar-refractivity contribution in [3.8, 4) is 0 Å². The van der Waals surface area contributed by atoms with Crippen molar-refractivity contribution in [3.63, 3.8) is 0 Å². The van der Waals surface area contributed by atoms with E-state index in [4.69, 9.17) is 15.3 Å². The number of ether oxygens (including phenoxy) is 1. The van der Waals surface area contributed by atoms with Gasteiger partial charge in [-0.05, 0) is 46.0 Å². The van der Waals surface area contributed by atoms with Gasteiger partial charge in [0.05, 0.1) is 6.04 Å². The van der Waals surface area contributed by atoms with Crippen molar-refractivity contribution in [3.05, 3.63) is 0 Å². The molecule has 1 atom stereocenters. The normalized spacial score (nSPS) is 17.1. The maximum Gasteiger partial charge on any atom is 0.408 e. The van der Waals surface area contributed by atoms with Crippen molar-refractivity contribution in [2.24, 2.45) is 16.8 Å². The van der Waals surface area contributed by atoms with Gasteiger partial charge in [0.15, 0.2) is 12.4 Å². The number of nitrogens with one attached hydrogen (secondary N) is 2. The van der Waals surface area contributed by atoms with Crippen LogP contribution >= 0.6 is 0 Å². The number of rotatable bonds is 8. The molecule has 1 aliphatic carbocycles. The molecule has 4 N–H and O–H groups in total. The molecule has 2 amide bonds. The van der Waals surface area contributed by atoms with E-state index in [-0.39, 0.29) is 30.3 Å². The number of amides is 2. The quantitative estimate of drug-likeness (QED) is 0.344. The highest BCUT2D eigenvalue weighted by molar-refractivity contribution is 5.88. The van der Waals surface area contributed by atoms with E-state index < -0.39 is 17.7 Å². The van der Waals surface area contributed by atoms with Gasteiger partial charge in [0.25, 0.3) is 5.91 Å². The maximum atomic E-state index is 12.0. The summed E-state index contributed by atoms with van der Waals surface area (Å²) in [5.41, 5.74) is 5.35. The van der Waals surface area contributed by atoms with Gasteiger partial charge >= 0.3 is 6.09 Å². The van der Waals surface area contributed by atoms with Crippen molar-refractivity contribution in [1.82, 2.24) is 10.6 Å². The van der Waals surface area contributed by atoms with E-state index >= 15 is 0 Å². The number of nitrogens with zero attached hydrogens (tertiary/aromatic N) is 1. The molecule has 0 aromatic heterocycles. The Morgan fingerprint density at radius 3 is 2.38 bits per heavy atom. The summed E-state index contributed by atoms with van der Waals surface area (Å²) in [6.07, 6.45) is 4.31. The van der Waals surface area contributed by atoms with Gasteiger partial charge in [0.2, 0.25) is 0 Å². The van der Waals surface area contributed by atoms with E-state index in [2.05, 4.69) is 15.8 Å². The van der Waals surface area contributed by atoms with E-state index in [1.165, 1.54) is 0 Å². The fraction of sp³-hybridized carbons (Fsp3) is 0.833. The third-order valence-electron chi connectivity index (χ3n) is 3.84. The predicted octanol–water partition coefficient (Wildman–Crippen LogP) is 2.27. The van der Waals surface area contributed by atoms with Crippen LogP contribution in [0.25, 0.3) is 0 Å². The van der Waals surface area contributed by atoms with Crippen LogP contribution in [0.3, 0.4) is 0 Å². The van der Waals surface area contributed by atoms with Crippen molar-refractivity contribution in [2.45, 2.75) is 84.4 Å². The lowest BCUT2D eigenvalue weighted by atomic mass is 10.0. The Labute approximate surface area is 156 Å². The minimum absolute atomic E-state index is 0.109. The number of carbonyl (C=O) groups excluding carboxylic acids is 2.